The number of thioether (sulfide) groups is 1. The largest absolute Gasteiger partial charge is 0.328 e. The molecule has 0 radical (unpaired) electrons. The van der Waals surface area contributed by atoms with Crippen molar-refractivity contribution in [2.24, 2.45) is 0 Å². The fourth-order valence-corrected chi connectivity index (χ4v) is 4.13. The summed E-state index contributed by atoms with van der Waals surface area (Å²) in [6.07, 6.45) is 1.69. The zero-order valence-electron chi connectivity index (χ0n) is 14.0. The van der Waals surface area contributed by atoms with E-state index in [9.17, 15) is 9.59 Å². The quantitative estimate of drug-likeness (QED) is 0.868. The van der Waals surface area contributed by atoms with Crippen molar-refractivity contribution in [2.75, 3.05) is 19.3 Å². The first kappa shape index (κ1) is 17.0. The zero-order valence-corrected chi connectivity index (χ0v) is 14.8. The van der Waals surface area contributed by atoms with Gasteiger partial charge in [-0.2, -0.15) is 11.8 Å². The normalized spacial score (nSPS) is 13.9. The van der Waals surface area contributed by atoms with Crippen LogP contribution in [0.4, 0.5) is 0 Å². The molecule has 1 aliphatic rings. The highest BCUT2D eigenvalue weighted by Gasteiger charge is 2.18. The van der Waals surface area contributed by atoms with E-state index in [-0.39, 0.29) is 11.2 Å². The van der Waals surface area contributed by atoms with Crippen molar-refractivity contribution in [2.45, 2.75) is 31.7 Å². The van der Waals surface area contributed by atoms with Crippen molar-refractivity contribution in [3.8, 4) is 0 Å². The fraction of sp³-hybridized carbons (Fsp3) is 0.444. The Morgan fingerprint density at radius 2 is 2.04 bits per heavy atom. The lowest BCUT2D eigenvalue weighted by Crippen LogP contribution is -2.37. The molecule has 3 rings (SSSR count). The Bertz CT molecular complexity index is 798. The Labute approximate surface area is 145 Å². The van der Waals surface area contributed by atoms with Gasteiger partial charge in [0.05, 0.1) is 0 Å². The van der Waals surface area contributed by atoms with Crippen LogP contribution in [0, 0.1) is 0 Å². The number of hydrogen-bond donors (Lipinski definition) is 1. The van der Waals surface area contributed by atoms with Gasteiger partial charge in [-0.15, -0.1) is 0 Å². The van der Waals surface area contributed by atoms with Crippen LogP contribution in [-0.4, -0.2) is 33.8 Å². The van der Waals surface area contributed by atoms with Crippen LogP contribution in [0.25, 0.3) is 0 Å². The first-order valence-electron chi connectivity index (χ1n) is 8.30. The lowest BCUT2D eigenvalue weighted by Gasteiger charge is -2.21. The molecule has 1 aliphatic heterocycles. The van der Waals surface area contributed by atoms with Crippen molar-refractivity contribution in [3.63, 3.8) is 0 Å². The molecule has 0 saturated heterocycles. The maximum absolute atomic E-state index is 12.2. The highest BCUT2D eigenvalue weighted by molar-refractivity contribution is 7.98. The van der Waals surface area contributed by atoms with Crippen molar-refractivity contribution in [1.29, 1.82) is 0 Å². The zero-order chi connectivity index (χ0) is 16.9. The van der Waals surface area contributed by atoms with Crippen LogP contribution >= 0.6 is 11.8 Å². The summed E-state index contributed by atoms with van der Waals surface area (Å²) in [5, 5.41) is 0. The maximum atomic E-state index is 12.2. The molecule has 0 unspecified atom stereocenters. The maximum Gasteiger partial charge on any atom is 0.328 e. The lowest BCUT2D eigenvalue weighted by molar-refractivity contribution is 0.312. The number of nitrogens with one attached hydrogen (secondary N) is 1. The van der Waals surface area contributed by atoms with Crippen molar-refractivity contribution < 1.29 is 0 Å². The highest BCUT2D eigenvalue weighted by atomic mass is 32.2. The molecular weight excluding hydrogens is 322 g/mol. The van der Waals surface area contributed by atoms with Crippen LogP contribution in [0.2, 0.25) is 0 Å². The van der Waals surface area contributed by atoms with Crippen molar-refractivity contribution in [3.05, 3.63) is 68.0 Å². The minimum absolute atomic E-state index is 0.209. The Morgan fingerprint density at radius 3 is 2.83 bits per heavy atom. The lowest BCUT2D eigenvalue weighted by atomic mass is 10.2. The molecule has 0 aliphatic carbocycles. The van der Waals surface area contributed by atoms with Gasteiger partial charge >= 0.3 is 5.69 Å². The van der Waals surface area contributed by atoms with Gasteiger partial charge in [0, 0.05) is 30.1 Å². The first-order chi connectivity index (χ1) is 11.6. The molecule has 1 aromatic carbocycles. The molecule has 6 heteroatoms. The van der Waals surface area contributed by atoms with Gasteiger partial charge in [-0.3, -0.25) is 14.3 Å². The number of nitrogens with zero attached hydrogens (tertiary/aromatic N) is 2. The van der Waals surface area contributed by atoms with E-state index in [2.05, 4.69) is 29.1 Å². The van der Waals surface area contributed by atoms with Gasteiger partial charge in [0.25, 0.3) is 5.56 Å². The second kappa shape index (κ2) is 7.85. The number of benzene rings is 1. The summed E-state index contributed by atoms with van der Waals surface area (Å²) in [4.78, 5) is 28.8. The number of rotatable bonds is 6. The molecule has 0 atom stereocenters. The minimum Gasteiger partial charge on any atom is -0.302 e. The average Bonchev–Trinajstić information content (AvgIpc) is 2.59. The van der Waals surface area contributed by atoms with Crippen LogP contribution in [0.3, 0.4) is 0 Å². The van der Waals surface area contributed by atoms with Gasteiger partial charge in [-0.25, -0.2) is 4.79 Å². The molecule has 1 aromatic heterocycles. The molecule has 2 aromatic rings. The highest BCUT2D eigenvalue weighted by Crippen LogP contribution is 2.20. The summed E-state index contributed by atoms with van der Waals surface area (Å²) in [6.45, 7) is 2.46. The van der Waals surface area contributed by atoms with E-state index in [1.807, 2.05) is 18.2 Å². The van der Waals surface area contributed by atoms with Crippen LogP contribution in [0.5, 0.6) is 0 Å². The SMILES string of the molecule is CN(CCCn1c2c(c(=O)[nH]c1=O)CSCC2)Cc1ccccc1. The van der Waals surface area contributed by atoms with Crippen LogP contribution in [0.1, 0.15) is 23.2 Å². The van der Waals surface area contributed by atoms with Gasteiger partial charge < -0.3 is 4.90 Å². The Morgan fingerprint density at radius 1 is 1.25 bits per heavy atom. The second-order valence-electron chi connectivity index (χ2n) is 6.22. The smallest absolute Gasteiger partial charge is 0.302 e. The molecule has 0 saturated carbocycles. The van der Waals surface area contributed by atoms with E-state index in [1.165, 1.54) is 5.56 Å². The van der Waals surface area contributed by atoms with E-state index in [4.69, 9.17) is 0 Å². The summed E-state index contributed by atoms with van der Waals surface area (Å²) in [6, 6.07) is 10.4. The van der Waals surface area contributed by atoms with Crippen LogP contribution in [-0.2, 0) is 25.3 Å². The van der Waals surface area contributed by atoms with E-state index < -0.39 is 0 Å². The standard InChI is InChI=1S/C18H23N3O2S/c1-20(12-14-6-3-2-4-7-14)9-5-10-21-16-8-11-24-13-15(16)17(22)19-18(21)23/h2-4,6-7H,5,8-13H2,1H3,(H,19,22,23). The minimum atomic E-state index is -0.267. The fourth-order valence-electron chi connectivity index (χ4n) is 3.14. The predicted octanol–water partition coefficient (Wildman–Crippen LogP) is 1.85. The molecule has 128 valence electrons. The summed E-state index contributed by atoms with van der Waals surface area (Å²) in [5.74, 6) is 1.68. The average molecular weight is 345 g/mol. The number of H-pyrrole nitrogens is 1. The molecule has 2 heterocycles. The van der Waals surface area contributed by atoms with Gasteiger partial charge in [0.1, 0.15) is 0 Å². The van der Waals surface area contributed by atoms with E-state index in [0.717, 1.165) is 42.9 Å². The summed E-state index contributed by atoms with van der Waals surface area (Å²) in [5.41, 5.74) is 2.53. The molecule has 24 heavy (non-hydrogen) atoms. The Balaban J connectivity index is 1.63. The third-order valence-corrected chi connectivity index (χ3v) is 5.35. The second-order valence-corrected chi connectivity index (χ2v) is 7.32. The van der Waals surface area contributed by atoms with E-state index >= 15 is 0 Å². The van der Waals surface area contributed by atoms with Gasteiger partial charge in [0.15, 0.2) is 0 Å². The van der Waals surface area contributed by atoms with Gasteiger partial charge in [-0.1, -0.05) is 30.3 Å². The van der Waals surface area contributed by atoms with Crippen molar-refractivity contribution >= 4 is 11.8 Å². The molecular formula is C18H23N3O2S. The molecule has 0 amide bonds. The molecule has 5 nitrogen and oxygen atoms in total. The monoisotopic (exact) mass is 345 g/mol. The summed E-state index contributed by atoms with van der Waals surface area (Å²) >= 11 is 1.75. The number of hydrogen-bond acceptors (Lipinski definition) is 4. The van der Waals surface area contributed by atoms with Crippen molar-refractivity contribution in [1.82, 2.24) is 14.5 Å². The summed E-state index contributed by atoms with van der Waals surface area (Å²) in [7, 11) is 2.09. The Hall–Kier alpha value is -1.79. The summed E-state index contributed by atoms with van der Waals surface area (Å²) < 4.78 is 1.77. The van der Waals surface area contributed by atoms with Crippen LogP contribution in [0.15, 0.2) is 39.9 Å². The molecule has 0 fully saturated rings. The van der Waals surface area contributed by atoms with E-state index in [1.54, 1.807) is 16.3 Å². The first-order valence-corrected chi connectivity index (χ1v) is 9.45. The number of aromatic nitrogens is 2. The van der Waals surface area contributed by atoms with Gasteiger partial charge in [-0.05, 0) is 37.8 Å². The predicted molar refractivity (Wildman–Crippen MR) is 98.6 cm³/mol. The third kappa shape index (κ3) is 3.99. The van der Waals surface area contributed by atoms with Gasteiger partial charge in [0.2, 0.25) is 0 Å². The molecule has 0 bridgehead atoms. The topological polar surface area (TPSA) is 58.1 Å². The molecule has 1 N–H and O–H groups in total. The van der Waals surface area contributed by atoms with Crippen LogP contribution < -0.4 is 11.2 Å². The Kier molecular flexibility index (Phi) is 5.58. The van der Waals surface area contributed by atoms with E-state index in [0.29, 0.717) is 12.3 Å². The number of fused-ring (bicyclic) bond motifs is 1. The third-order valence-electron chi connectivity index (χ3n) is 4.36. The molecule has 0 spiro atoms. The number of aromatic amines is 1.